The molecule has 0 radical (unpaired) electrons. The molecule has 25 heavy (non-hydrogen) atoms. The third kappa shape index (κ3) is 5.14. The van der Waals surface area contributed by atoms with Crippen LogP contribution in [-0.4, -0.2) is 52.1 Å². The highest BCUT2D eigenvalue weighted by atomic mass is 35.5. The highest BCUT2D eigenvalue weighted by Crippen LogP contribution is 2.20. The maximum absolute atomic E-state index is 12.9. The highest BCUT2D eigenvalue weighted by Gasteiger charge is 2.20. The van der Waals surface area contributed by atoms with Crippen LogP contribution in [0.3, 0.4) is 0 Å². The first kappa shape index (κ1) is 18.6. The van der Waals surface area contributed by atoms with Gasteiger partial charge >= 0.3 is 6.55 Å². The van der Waals surface area contributed by atoms with Crippen molar-refractivity contribution in [2.24, 2.45) is 0 Å². The molecule has 0 aliphatic carbocycles. The van der Waals surface area contributed by atoms with Crippen LogP contribution in [0.4, 0.5) is 8.78 Å². The van der Waals surface area contributed by atoms with Crippen molar-refractivity contribution < 1.29 is 8.78 Å². The molecule has 136 valence electrons. The zero-order valence-electron chi connectivity index (χ0n) is 13.7. The lowest BCUT2D eigenvalue weighted by atomic mass is 10.1. The number of hydrogen-bond acceptors (Lipinski definition) is 3. The summed E-state index contributed by atoms with van der Waals surface area (Å²) in [5.41, 5.74) is 1.12. The normalized spacial score (nSPS) is 16.7. The monoisotopic (exact) mass is 388 g/mol. The second-order valence-electron chi connectivity index (χ2n) is 6.17. The maximum atomic E-state index is 12.9. The number of rotatable bonds is 6. The molecule has 0 unspecified atom stereocenters. The minimum absolute atomic E-state index is 0.414. The van der Waals surface area contributed by atoms with Crippen LogP contribution in [0, 0.1) is 0 Å². The maximum Gasteiger partial charge on any atom is 0.319 e. The number of hydrogen-bond donors (Lipinski definition) is 0. The van der Waals surface area contributed by atoms with E-state index in [0.717, 1.165) is 49.3 Å². The summed E-state index contributed by atoms with van der Waals surface area (Å²) in [6.07, 6.45) is 3.64. The minimum atomic E-state index is -2.54. The molecule has 0 N–H and O–H groups in total. The van der Waals surface area contributed by atoms with Crippen LogP contribution in [0.2, 0.25) is 10.0 Å². The Hall–Kier alpha value is -1.21. The summed E-state index contributed by atoms with van der Waals surface area (Å²) in [6, 6.07) is 5.61. The van der Waals surface area contributed by atoms with Crippen LogP contribution < -0.4 is 0 Å². The van der Waals surface area contributed by atoms with Crippen molar-refractivity contribution in [3.8, 4) is 0 Å². The Morgan fingerprint density at radius 1 is 1.00 bits per heavy atom. The van der Waals surface area contributed by atoms with E-state index in [2.05, 4.69) is 14.8 Å². The number of aromatic nitrogens is 2. The number of alkyl halides is 2. The Morgan fingerprint density at radius 3 is 2.28 bits per heavy atom. The fourth-order valence-corrected chi connectivity index (χ4v) is 3.63. The van der Waals surface area contributed by atoms with E-state index in [1.54, 1.807) is 6.07 Å². The Balaban J connectivity index is 1.46. The summed E-state index contributed by atoms with van der Waals surface area (Å²) in [6.45, 7) is 2.33. The molecule has 2 heterocycles. The van der Waals surface area contributed by atoms with Crippen molar-refractivity contribution in [1.29, 1.82) is 0 Å². The van der Waals surface area contributed by atoms with E-state index in [1.807, 2.05) is 12.1 Å². The van der Waals surface area contributed by atoms with Crippen LogP contribution in [0.25, 0.3) is 0 Å². The number of piperazine rings is 1. The molecule has 4 nitrogen and oxygen atoms in total. The summed E-state index contributed by atoms with van der Waals surface area (Å²) < 4.78 is 26.7. The van der Waals surface area contributed by atoms with Crippen LogP contribution in [0.5, 0.6) is 0 Å². The zero-order valence-corrected chi connectivity index (χ0v) is 15.2. The first-order chi connectivity index (χ1) is 12.0. The first-order valence-corrected chi connectivity index (χ1v) is 8.96. The zero-order chi connectivity index (χ0) is 17.8. The number of halogens is 4. The largest absolute Gasteiger partial charge is 0.319 e. The van der Waals surface area contributed by atoms with Gasteiger partial charge in [0.2, 0.25) is 0 Å². The summed E-state index contributed by atoms with van der Waals surface area (Å²) in [5, 5.41) is 1.31. The van der Waals surface area contributed by atoms with E-state index >= 15 is 0 Å². The average Bonchev–Trinajstić information content (AvgIpc) is 3.02. The van der Waals surface area contributed by atoms with Crippen LogP contribution in [0.1, 0.15) is 17.9 Å². The van der Waals surface area contributed by atoms with Gasteiger partial charge in [-0.25, -0.2) is 4.98 Å². The van der Waals surface area contributed by atoms with Gasteiger partial charge in [-0.15, -0.1) is 0 Å². The van der Waals surface area contributed by atoms with Gasteiger partial charge in [0.05, 0.1) is 6.54 Å². The molecule has 0 spiro atoms. The highest BCUT2D eigenvalue weighted by molar-refractivity contribution is 6.34. The quantitative estimate of drug-likeness (QED) is 0.748. The van der Waals surface area contributed by atoms with Gasteiger partial charge in [-0.3, -0.25) is 9.47 Å². The minimum Gasteiger partial charge on any atom is -0.300 e. The van der Waals surface area contributed by atoms with Gasteiger partial charge in [-0.05, 0) is 30.2 Å². The summed E-state index contributed by atoms with van der Waals surface area (Å²) in [4.78, 5) is 8.57. The van der Waals surface area contributed by atoms with Crippen molar-refractivity contribution in [3.05, 3.63) is 52.0 Å². The summed E-state index contributed by atoms with van der Waals surface area (Å²) >= 11 is 12.1. The summed E-state index contributed by atoms with van der Waals surface area (Å²) in [5.74, 6) is 0.414. The molecule has 1 saturated heterocycles. The molecular weight excluding hydrogens is 369 g/mol. The van der Waals surface area contributed by atoms with E-state index in [4.69, 9.17) is 23.2 Å². The van der Waals surface area contributed by atoms with Gasteiger partial charge in [0, 0.05) is 55.2 Å². The van der Waals surface area contributed by atoms with Gasteiger partial charge in [-0.1, -0.05) is 23.2 Å². The van der Waals surface area contributed by atoms with E-state index in [-0.39, 0.29) is 0 Å². The topological polar surface area (TPSA) is 24.3 Å². The molecule has 3 rings (SSSR count). The summed E-state index contributed by atoms with van der Waals surface area (Å²) in [7, 11) is 0. The third-order valence-electron chi connectivity index (χ3n) is 4.43. The number of benzene rings is 1. The Morgan fingerprint density at radius 2 is 1.64 bits per heavy atom. The molecule has 2 aromatic rings. The van der Waals surface area contributed by atoms with Crippen molar-refractivity contribution in [2.75, 3.05) is 32.7 Å². The van der Waals surface area contributed by atoms with Crippen molar-refractivity contribution in [1.82, 2.24) is 19.4 Å². The lowest BCUT2D eigenvalue weighted by molar-refractivity contribution is 0.0607. The Kier molecular flexibility index (Phi) is 6.28. The molecule has 8 heteroatoms. The molecule has 0 amide bonds. The third-order valence-corrected chi connectivity index (χ3v) is 4.86. The average molecular weight is 389 g/mol. The van der Waals surface area contributed by atoms with Crippen molar-refractivity contribution in [2.45, 2.75) is 19.5 Å². The fourth-order valence-electron chi connectivity index (χ4n) is 3.06. The van der Waals surface area contributed by atoms with Crippen LogP contribution >= 0.6 is 23.2 Å². The molecular formula is C17H20Cl2F2N4. The SMILES string of the molecule is FC(F)n1ccnc1CN1CCN(CCc2cc(Cl)cc(Cl)c2)CC1. The number of nitrogens with zero attached hydrogens (tertiary/aromatic N) is 4. The number of imidazole rings is 1. The fraction of sp³-hybridized carbons (Fsp3) is 0.471. The van der Waals surface area contributed by atoms with Crippen molar-refractivity contribution in [3.63, 3.8) is 0 Å². The van der Waals surface area contributed by atoms with E-state index in [0.29, 0.717) is 22.4 Å². The standard InChI is InChI=1S/C17H20Cl2F2N4/c18-14-9-13(10-15(19)11-14)1-3-23-5-7-24(8-6-23)12-16-22-2-4-25(16)17(20)21/h2,4,9-11,17H,1,3,5-8,12H2. The van der Waals surface area contributed by atoms with Gasteiger partial charge < -0.3 is 4.90 Å². The predicted octanol–water partition coefficient (Wildman–Crippen LogP) is 3.95. The van der Waals surface area contributed by atoms with Gasteiger partial charge in [0.15, 0.2) is 0 Å². The molecule has 0 saturated carbocycles. The molecule has 0 atom stereocenters. The van der Waals surface area contributed by atoms with Crippen LogP contribution in [0.15, 0.2) is 30.6 Å². The Labute approximate surface area is 155 Å². The predicted molar refractivity (Wildman–Crippen MR) is 95.4 cm³/mol. The smallest absolute Gasteiger partial charge is 0.300 e. The molecule has 1 aromatic heterocycles. The lowest BCUT2D eigenvalue weighted by Gasteiger charge is -2.34. The van der Waals surface area contributed by atoms with Gasteiger partial charge in [0.1, 0.15) is 5.82 Å². The van der Waals surface area contributed by atoms with Gasteiger partial charge in [-0.2, -0.15) is 8.78 Å². The van der Waals surface area contributed by atoms with Crippen LogP contribution in [-0.2, 0) is 13.0 Å². The van der Waals surface area contributed by atoms with Crippen molar-refractivity contribution >= 4 is 23.2 Å². The van der Waals surface area contributed by atoms with Gasteiger partial charge in [0.25, 0.3) is 0 Å². The Bertz CT molecular complexity index is 679. The molecule has 1 fully saturated rings. The molecule has 1 aliphatic rings. The lowest BCUT2D eigenvalue weighted by Crippen LogP contribution is -2.46. The second kappa shape index (κ2) is 8.45. The first-order valence-electron chi connectivity index (χ1n) is 8.21. The molecule has 0 bridgehead atoms. The van der Waals surface area contributed by atoms with E-state index < -0.39 is 6.55 Å². The molecule has 1 aromatic carbocycles. The van der Waals surface area contributed by atoms with E-state index in [1.165, 1.54) is 12.4 Å². The second-order valence-corrected chi connectivity index (χ2v) is 7.05. The van der Waals surface area contributed by atoms with E-state index in [9.17, 15) is 8.78 Å². The molecule has 1 aliphatic heterocycles.